The molecule has 0 aromatic heterocycles. The summed E-state index contributed by atoms with van der Waals surface area (Å²) in [6, 6.07) is 17.5. The average molecular weight is 307 g/mol. The van der Waals surface area contributed by atoms with Crippen molar-refractivity contribution < 1.29 is 14.4 Å². The van der Waals surface area contributed by atoms with Gasteiger partial charge in [-0.2, -0.15) is 0 Å². The van der Waals surface area contributed by atoms with E-state index in [1.165, 1.54) is 0 Å². The Morgan fingerprint density at radius 1 is 0.913 bits per heavy atom. The van der Waals surface area contributed by atoms with Gasteiger partial charge < -0.3 is 5.32 Å². The summed E-state index contributed by atoms with van der Waals surface area (Å²) in [6.07, 6.45) is 0.165. The van der Waals surface area contributed by atoms with Crippen molar-refractivity contribution in [3.05, 3.63) is 71.8 Å². The van der Waals surface area contributed by atoms with Crippen molar-refractivity contribution in [1.29, 1.82) is 0 Å². The molecule has 1 aliphatic rings. The van der Waals surface area contributed by atoms with Gasteiger partial charge in [0.05, 0.1) is 12.5 Å². The molecule has 1 aliphatic carbocycles. The zero-order valence-electron chi connectivity index (χ0n) is 12.6. The summed E-state index contributed by atoms with van der Waals surface area (Å²) in [5, 5.41) is 2.81. The molecule has 0 aliphatic heterocycles. The SMILES string of the molecule is O=C1CC(=O)[C@@H](NC(=O)c2ccccc2)[C@H](c2ccccc2)C1. The van der Waals surface area contributed by atoms with Crippen LogP contribution >= 0.6 is 0 Å². The average Bonchev–Trinajstić information content (AvgIpc) is 2.58. The van der Waals surface area contributed by atoms with Gasteiger partial charge in [0.15, 0.2) is 5.78 Å². The van der Waals surface area contributed by atoms with E-state index in [1.54, 1.807) is 24.3 Å². The molecule has 1 amide bonds. The van der Waals surface area contributed by atoms with Gasteiger partial charge in [0.25, 0.3) is 5.91 Å². The van der Waals surface area contributed by atoms with Crippen LogP contribution in [0.15, 0.2) is 60.7 Å². The van der Waals surface area contributed by atoms with Gasteiger partial charge in [-0.25, -0.2) is 0 Å². The Morgan fingerprint density at radius 2 is 1.52 bits per heavy atom. The Hall–Kier alpha value is -2.75. The van der Waals surface area contributed by atoms with Crippen LogP contribution in [0.4, 0.5) is 0 Å². The van der Waals surface area contributed by atoms with Gasteiger partial charge in [-0.3, -0.25) is 14.4 Å². The van der Waals surface area contributed by atoms with Crippen LogP contribution in [0.3, 0.4) is 0 Å². The molecule has 1 saturated carbocycles. The first-order valence-corrected chi connectivity index (χ1v) is 7.60. The molecule has 0 unspecified atom stereocenters. The van der Waals surface area contributed by atoms with Crippen molar-refractivity contribution in [2.24, 2.45) is 0 Å². The van der Waals surface area contributed by atoms with E-state index in [2.05, 4.69) is 5.32 Å². The summed E-state index contributed by atoms with van der Waals surface area (Å²) in [6.45, 7) is 0. The fourth-order valence-electron chi connectivity index (χ4n) is 2.97. The number of ketones is 2. The van der Waals surface area contributed by atoms with Gasteiger partial charge in [-0.1, -0.05) is 48.5 Å². The van der Waals surface area contributed by atoms with Crippen LogP contribution in [0.1, 0.15) is 34.7 Å². The van der Waals surface area contributed by atoms with Crippen molar-refractivity contribution in [2.75, 3.05) is 0 Å². The molecule has 3 rings (SSSR count). The molecule has 0 radical (unpaired) electrons. The topological polar surface area (TPSA) is 63.2 Å². The molecule has 0 bridgehead atoms. The number of hydrogen-bond acceptors (Lipinski definition) is 3. The fourth-order valence-corrected chi connectivity index (χ4v) is 2.97. The monoisotopic (exact) mass is 307 g/mol. The number of benzene rings is 2. The number of amides is 1. The summed E-state index contributed by atoms with van der Waals surface area (Å²) in [5.41, 5.74) is 1.40. The lowest BCUT2D eigenvalue weighted by molar-refractivity contribution is -0.131. The summed E-state index contributed by atoms with van der Waals surface area (Å²) in [5.74, 6) is -0.898. The van der Waals surface area contributed by atoms with Crippen LogP contribution in [0.2, 0.25) is 0 Å². The third-order valence-corrected chi connectivity index (χ3v) is 4.12. The van der Waals surface area contributed by atoms with E-state index in [4.69, 9.17) is 0 Å². The Kier molecular flexibility index (Phi) is 4.33. The van der Waals surface area contributed by atoms with E-state index in [-0.39, 0.29) is 36.2 Å². The maximum absolute atomic E-state index is 12.4. The molecule has 1 N–H and O–H groups in total. The highest BCUT2D eigenvalue weighted by Gasteiger charge is 2.37. The second-order valence-electron chi connectivity index (χ2n) is 5.72. The number of Topliss-reactive ketones (excluding diaryl/α,β-unsaturated/α-hetero) is 2. The van der Waals surface area contributed by atoms with Crippen molar-refractivity contribution in [2.45, 2.75) is 24.8 Å². The van der Waals surface area contributed by atoms with Gasteiger partial charge in [0, 0.05) is 17.9 Å². The maximum Gasteiger partial charge on any atom is 0.251 e. The molecule has 0 heterocycles. The first kappa shape index (κ1) is 15.2. The highest BCUT2D eigenvalue weighted by atomic mass is 16.2. The van der Waals surface area contributed by atoms with Crippen molar-refractivity contribution in [3.63, 3.8) is 0 Å². The predicted octanol–water partition coefficient (Wildman–Crippen LogP) is 2.50. The highest BCUT2D eigenvalue weighted by Crippen LogP contribution is 2.29. The van der Waals surface area contributed by atoms with E-state index >= 15 is 0 Å². The molecule has 116 valence electrons. The van der Waals surface area contributed by atoms with Crippen LogP contribution < -0.4 is 5.32 Å². The summed E-state index contributed by atoms with van der Waals surface area (Å²) < 4.78 is 0. The zero-order valence-corrected chi connectivity index (χ0v) is 12.6. The number of rotatable bonds is 3. The smallest absolute Gasteiger partial charge is 0.251 e. The molecule has 0 spiro atoms. The van der Waals surface area contributed by atoms with Crippen LogP contribution in [-0.2, 0) is 9.59 Å². The number of hydrogen-bond donors (Lipinski definition) is 1. The molecular formula is C19H17NO3. The molecule has 4 heteroatoms. The maximum atomic E-state index is 12.4. The van der Waals surface area contributed by atoms with Gasteiger partial charge in [0.1, 0.15) is 5.78 Å². The van der Waals surface area contributed by atoms with Gasteiger partial charge in [-0.05, 0) is 17.7 Å². The molecule has 1 fully saturated rings. The molecule has 4 nitrogen and oxygen atoms in total. The van der Waals surface area contributed by atoms with Gasteiger partial charge in [-0.15, -0.1) is 0 Å². The molecule has 0 saturated heterocycles. The van der Waals surface area contributed by atoms with Crippen LogP contribution in [0.5, 0.6) is 0 Å². The predicted molar refractivity (Wildman–Crippen MR) is 86.1 cm³/mol. The molecule has 2 aromatic rings. The van der Waals surface area contributed by atoms with Crippen LogP contribution in [0.25, 0.3) is 0 Å². The van der Waals surface area contributed by atoms with Crippen LogP contribution in [0, 0.1) is 0 Å². The molecule has 2 atom stereocenters. The minimum absolute atomic E-state index is 0.0749. The van der Waals surface area contributed by atoms with Crippen molar-refractivity contribution >= 4 is 17.5 Å². The van der Waals surface area contributed by atoms with Crippen molar-refractivity contribution in [1.82, 2.24) is 5.32 Å². The van der Waals surface area contributed by atoms with E-state index < -0.39 is 6.04 Å². The lowest BCUT2D eigenvalue weighted by Crippen LogP contribution is -2.48. The standard InChI is InChI=1S/C19H17NO3/c21-15-11-16(13-7-3-1-4-8-13)18(17(22)12-15)20-19(23)14-9-5-2-6-10-14/h1-10,16,18H,11-12H2,(H,20,23)/t16-,18-/m0/s1. The largest absolute Gasteiger partial charge is 0.342 e. The first-order chi connectivity index (χ1) is 11.1. The van der Waals surface area contributed by atoms with Crippen molar-refractivity contribution in [3.8, 4) is 0 Å². The highest BCUT2D eigenvalue weighted by molar-refractivity contribution is 6.07. The molecule has 23 heavy (non-hydrogen) atoms. The Bertz CT molecular complexity index is 725. The number of carbonyl (C=O) groups is 3. The normalized spacial score (nSPS) is 21.0. The van der Waals surface area contributed by atoms with E-state index in [9.17, 15) is 14.4 Å². The van der Waals surface area contributed by atoms with Gasteiger partial charge >= 0.3 is 0 Å². The third kappa shape index (κ3) is 3.37. The minimum atomic E-state index is -0.664. The third-order valence-electron chi connectivity index (χ3n) is 4.12. The number of nitrogens with one attached hydrogen (secondary N) is 1. The lowest BCUT2D eigenvalue weighted by Gasteiger charge is -2.30. The second kappa shape index (κ2) is 6.57. The molecule has 2 aromatic carbocycles. The van der Waals surface area contributed by atoms with E-state index in [0.717, 1.165) is 5.56 Å². The first-order valence-electron chi connectivity index (χ1n) is 7.60. The van der Waals surface area contributed by atoms with Gasteiger partial charge in [0.2, 0.25) is 0 Å². The minimum Gasteiger partial charge on any atom is -0.342 e. The summed E-state index contributed by atoms with van der Waals surface area (Å²) in [7, 11) is 0. The van der Waals surface area contributed by atoms with Crippen LogP contribution in [-0.4, -0.2) is 23.5 Å². The lowest BCUT2D eigenvalue weighted by atomic mass is 9.78. The zero-order chi connectivity index (χ0) is 16.2. The Balaban J connectivity index is 1.86. The number of carbonyl (C=O) groups excluding carboxylic acids is 3. The summed E-state index contributed by atoms with van der Waals surface area (Å²) in [4.78, 5) is 36.5. The quantitative estimate of drug-likeness (QED) is 0.886. The fraction of sp³-hybridized carbons (Fsp3) is 0.211. The molecular weight excluding hydrogens is 290 g/mol. The summed E-state index contributed by atoms with van der Waals surface area (Å²) >= 11 is 0. The van der Waals surface area contributed by atoms with E-state index in [1.807, 2.05) is 36.4 Å². The second-order valence-corrected chi connectivity index (χ2v) is 5.72. The Labute approximate surface area is 134 Å². The van der Waals surface area contributed by atoms with E-state index in [0.29, 0.717) is 5.56 Å². The Morgan fingerprint density at radius 3 is 2.17 bits per heavy atom.